The van der Waals surface area contributed by atoms with Crippen molar-refractivity contribution in [2.45, 2.75) is 20.3 Å². The third-order valence-corrected chi connectivity index (χ3v) is 2.85. The molecule has 98 valence electrons. The van der Waals surface area contributed by atoms with Crippen molar-refractivity contribution >= 4 is 17.9 Å². The maximum absolute atomic E-state index is 11.5. The fraction of sp³-hybridized carbons (Fsp3) is 0.429. The van der Waals surface area contributed by atoms with Gasteiger partial charge in [0, 0.05) is 24.8 Å². The third kappa shape index (κ3) is 3.58. The molecule has 1 aromatic carbocycles. The van der Waals surface area contributed by atoms with E-state index in [1.54, 1.807) is 13.1 Å². The van der Waals surface area contributed by atoms with Crippen LogP contribution < -0.4 is 10.2 Å². The molecule has 0 radical (unpaired) electrons. The number of hydrogen-bond acceptors (Lipinski definition) is 3. The number of likely N-dealkylation sites (N-methyl/N-ethyl adjacent to an activating group) is 1. The number of anilines is 1. The first-order valence-electron chi connectivity index (χ1n) is 6.13. The molecule has 1 N–H and O–H groups in total. The van der Waals surface area contributed by atoms with Gasteiger partial charge in [-0.1, -0.05) is 6.92 Å². The Morgan fingerprint density at radius 2 is 2.17 bits per heavy atom. The minimum Gasteiger partial charge on any atom is -0.362 e. The van der Waals surface area contributed by atoms with Gasteiger partial charge in [-0.15, -0.1) is 0 Å². The largest absolute Gasteiger partial charge is 0.362 e. The van der Waals surface area contributed by atoms with Crippen LogP contribution in [0.1, 0.15) is 29.3 Å². The van der Waals surface area contributed by atoms with E-state index >= 15 is 0 Å². The molecule has 4 heteroatoms. The van der Waals surface area contributed by atoms with Crippen molar-refractivity contribution in [3.05, 3.63) is 29.3 Å². The number of hydrogen-bond donors (Lipinski definition) is 1. The van der Waals surface area contributed by atoms with Gasteiger partial charge in [-0.05, 0) is 37.1 Å². The summed E-state index contributed by atoms with van der Waals surface area (Å²) in [5.41, 5.74) is 2.60. The van der Waals surface area contributed by atoms with Gasteiger partial charge in [0.1, 0.15) is 6.29 Å². The molecule has 0 saturated carbocycles. The molecule has 0 unspecified atom stereocenters. The lowest BCUT2D eigenvalue weighted by Crippen LogP contribution is -2.36. The number of nitrogens with zero attached hydrogens (tertiary/aromatic N) is 1. The average molecular weight is 248 g/mol. The molecule has 0 spiro atoms. The molecular formula is C14H20N2O2. The minimum atomic E-state index is -0.0134. The van der Waals surface area contributed by atoms with Crippen LogP contribution in [-0.2, 0) is 4.79 Å². The summed E-state index contributed by atoms with van der Waals surface area (Å²) in [4.78, 5) is 24.3. The quantitative estimate of drug-likeness (QED) is 0.781. The summed E-state index contributed by atoms with van der Waals surface area (Å²) in [6.07, 6.45) is 1.81. The molecular weight excluding hydrogens is 228 g/mol. The van der Waals surface area contributed by atoms with E-state index in [4.69, 9.17) is 0 Å². The fourth-order valence-corrected chi connectivity index (χ4v) is 1.81. The lowest BCUT2D eigenvalue weighted by atomic mass is 10.1. The summed E-state index contributed by atoms with van der Waals surface area (Å²) in [6.45, 7) is 5.12. The molecule has 0 fully saturated rings. The van der Waals surface area contributed by atoms with E-state index in [2.05, 4.69) is 12.2 Å². The van der Waals surface area contributed by atoms with E-state index in [1.807, 2.05) is 24.0 Å². The zero-order valence-corrected chi connectivity index (χ0v) is 11.2. The van der Waals surface area contributed by atoms with Crippen LogP contribution in [0.15, 0.2) is 18.2 Å². The predicted molar refractivity (Wildman–Crippen MR) is 73.1 cm³/mol. The number of aldehydes is 1. The second-order valence-electron chi connectivity index (χ2n) is 4.25. The van der Waals surface area contributed by atoms with E-state index in [-0.39, 0.29) is 5.91 Å². The Morgan fingerprint density at radius 3 is 2.67 bits per heavy atom. The number of amides is 1. The molecule has 1 amide bonds. The second-order valence-corrected chi connectivity index (χ2v) is 4.25. The van der Waals surface area contributed by atoms with Gasteiger partial charge in [-0.2, -0.15) is 0 Å². The van der Waals surface area contributed by atoms with Crippen LogP contribution in [0.25, 0.3) is 0 Å². The van der Waals surface area contributed by atoms with Crippen molar-refractivity contribution < 1.29 is 9.59 Å². The van der Waals surface area contributed by atoms with Crippen LogP contribution in [0.3, 0.4) is 0 Å². The van der Waals surface area contributed by atoms with Crippen molar-refractivity contribution in [1.29, 1.82) is 0 Å². The summed E-state index contributed by atoms with van der Waals surface area (Å²) >= 11 is 0. The first-order chi connectivity index (χ1) is 8.62. The maximum Gasteiger partial charge on any atom is 0.239 e. The minimum absolute atomic E-state index is 0.0134. The zero-order chi connectivity index (χ0) is 13.5. The Bertz CT molecular complexity index is 430. The monoisotopic (exact) mass is 248 g/mol. The van der Waals surface area contributed by atoms with Crippen molar-refractivity contribution in [1.82, 2.24) is 5.32 Å². The highest BCUT2D eigenvalue weighted by molar-refractivity contribution is 5.82. The predicted octanol–water partition coefficient (Wildman–Crippen LogP) is 1.77. The molecule has 0 aliphatic carbocycles. The molecule has 0 aliphatic heterocycles. The highest BCUT2D eigenvalue weighted by Gasteiger charge is 2.10. The normalized spacial score (nSPS) is 9.94. The smallest absolute Gasteiger partial charge is 0.239 e. The van der Waals surface area contributed by atoms with E-state index in [0.29, 0.717) is 12.1 Å². The Morgan fingerprint density at radius 1 is 1.44 bits per heavy atom. The lowest BCUT2D eigenvalue weighted by molar-refractivity contribution is -0.119. The van der Waals surface area contributed by atoms with Gasteiger partial charge in [0.15, 0.2) is 0 Å². The summed E-state index contributed by atoms with van der Waals surface area (Å²) in [7, 11) is 1.63. The van der Waals surface area contributed by atoms with E-state index in [0.717, 1.165) is 30.5 Å². The summed E-state index contributed by atoms with van der Waals surface area (Å²) in [5, 5.41) is 2.62. The van der Waals surface area contributed by atoms with E-state index < -0.39 is 0 Å². The summed E-state index contributed by atoms with van der Waals surface area (Å²) < 4.78 is 0. The highest BCUT2D eigenvalue weighted by Crippen LogP contribution is 2.18. The van der Waals surface area contributed by atoms with Crippen molar-refractivity contribution in [2.75, 3.05) is 25.0 Å². The Hall–Kier alpha value is -1.84. The van der Waals surface area contributed by atoms with Crippen LogP contribution in [0.5, 0.6) is 0 Å². The third-order valence-electron chi connectivity index (χ3n) is 2.85. The Labute approximate surface area is 108 Å². The van der Waals surface area contributed by atoms with Gasteiger partial charge in [0.2, 0.25) is 5.91 Å². The van der Waals surface area contributed by atoms with Gasteiger partial charge >= 0.3 is 0 Å². The zero-order valence-electron chi connectivity index (χ0n) is 11.2. The van der Waals surface area contributed by atoms with Gasteiger partial charge in [0.05, 0.1) is 6.54 Å². The summed E-state index contributed by atoms with van der Waals surface area (Å²) in [6, 6.07) is 5.63. The van der Waals surface area contributed by atoms with Gasteiger partial charge in [0.25, 0.3) is 0 Å². The molecule has 4 nitrogen and oxygen atoms in total. The van der Waals surface area contributed by atoms with Crippen LogP contribution in [0.2, 0.25) is 0 Å². The maximum atomic E-state index is 11.5. The van der Waals surface area contributed by atoms with Crippen LogP contribution in [-0.4, -0.2) is 32.3 Å². The van der Waals surface area contributed by atoms with Crippen LogP contribution >= 0.6 is 0 Å². The molecule has 0 atom stereocenters. The van der Waals surface area contributed by atoms with E-state index in [1.165, 1.54) is 0 Å². The molecule has 0 bridgehead atoms. The molecule has 0 heterocycles. The average Bonchev–Trinajstić information content (AvgIpc) is 2.38. The van der Waals surface area contributed by atoms with Gasteiger partial charge in [-0.3, -0.25) is 9.59 Å². The summed E-state index contributed by atoms with van der Waals surface area (Å²) in [5.74, 6) is -0.0134. The molecule has 1 aromatic rings. The number of rotatable bonds is 6. The van der Waals surface area contributed by atoms with Crippen molar-refractivity contribution in [3.8, 4) is 0 Å². The topological polar surface area (TPSA) is 49.4 Å². The molecule has 0 saturated heterocycles. The first-order valence-corrected chi connectivity index (χ1v) is 6.13. The first kappa shape index (κ1) is 14.2. The number of aryl methyl sites for hydroxylation is 1. The lowest BCUT2D eigenvalue weighted by Gasteiger charge is -2.24. The highest BCUT2D eigenvalue weighted by atomic mass is 16.1. The SMILES string of the molecule is CCCN(CC(=O)NC)c1ccc(C=O)c(C)c1. The molecule has 1 rings (SSSR count). The molecule has 0 aromatic heterocycles. The molecule has 18 heavy (non-hydrogen) atoms. The Balaban J connectivity index is 2.94. The van der Waals surface area contributed by atoms with Gasteiger partial charge < -0.3 is 10.2 Å². The fourth-order valence-electron chi connectivity index (χ4n) is 1.81. The van der Waals surface area contributed by atoms with E-state index in [9.17, 15) is 9.59 Å². The standard InChI is InChI=1S/C14H20N2O2/c1-4-7-16(9-14(18)15-3)13-6-5-12(10-17)11(2)8-13/h5-6,8,10H,4,7,9H2,1-3H3,(H,15,18). The van der Waals surface area contributed by atoms with Crippen LogP contribution in [0, 0.1) is 6.92 Å². The Kier molecular flexibility index (Phi) is 5.36. The number of carbonyl (C=O) groups is 2. The number of benzene rings is 1. The number of nitrogens with one attached hydrogen (secondary N) is 1. The van der Waals surface area contributed by atoms with Crippen molar-refractivity contribution in [3.63, 3.8) is 0 Å². The van der Waals surface area contributed by atoms with Crippen molar-refractivity contribution in [2.24, 2.45) is 0 Å². The number of carbonyl (C=O) groups excluding carboxylic acids is 2. The van der Waals surface area contributed by atoms with Crippen LogP contribution in [0.4, 0.5) is 5.69 Å². The molecule has 0 aliphatic rings. The second kappa shape index (κ2) is 6.79. The van der Waals surface area contributed by atoms with Gasteiger partial charge in [-0.25, -0.2) is 0 Å².